The van der Waals surface area contributed by atoms with Crippen LogP contribution in [-0.2, 0) is 6.18 Å². The fourth-order valence-electron chi connectivity index (χ4n) is 2.95. The predicted octanol–water partition coefficient (Wildman–Crippen LogP) is 5.01. The molecule has 4 aromatic rings. The molecule has 3 heterocycles. The summed E-state index contributed by atoms with van der Waals surface area (Å²) >= 11 is 0. The minimum absolute atomic E-state index is 0.0786. The van der Waals surface area contributed by atoms with E-state index in [1.165, 1.54) is 6.20 Å². The molecule has 0 unspecified atom stereocenters. The summed E-state index contributed by atoms with van der Waals surface area (Å²) < 4.78 is 39.9. The lowest BCUT2D eigenvalue weighted by molar-refractivity contribution is -0.137. The highest BCUT2D eigenvalue weighted by Crippen LogP contribution is 2.37. The third-order valence-electron chi connectivity index (χ3n) is 4.22. The maximum Gasteiger partial charge on any atom is 0.417 e. The van der Waals surface area contributed by atoms with Gasteiger partial charge >= 0.3 is 6.18 Å². The molecule has 4 rings (SSSR count). The molecule has 0 saturated carbocycles. The lowest BCUT2D eigenvalue weighted by atomic mass is 10.0. The number of imidazole rings is 1. The van der Waals surface area contributed by atoms with Crippen LogP contribution in [0.5, 0.6) is 0 Å². The first-order valence-electron chi connectivity index (χ1n) is 7.86. The van der Waals surface area contributed by atoms with E-state index in [1.54, 1.807) is 18.5 Å². The SMILES string of the molecule is Cc1ccncc1-c1cccc2[nH]c(-c3cnccc3C(F)(F)F)nc12. The number of hydrogen-bond donors (Lipinski definition) is 1. The Morgan fingerprint density at radius 1 is 0.885 bits per heavy atom. The topological polar surface area (TPSA) is 54.5 Å². The fourth-order valence-corrected chi connectivity index (χ4v) is 2.95. The molecule has 0 amide bonds. The monoisotopic (exact) mass is 354 g/mol. The number of nitrogens with one attached hydrogen (secondary N) is 1. The van der Waals surface area contributed by atoms with Crippen LogP contribution >= 0.6 is 0 Å². The number of hydrogen-bond acceptors (Lipinski definition) is 3. The van der Waals surface area contributed by atoms with Gasteiger partial charge in [0, 0.05) is 41.5 Å². The Morgan fingerprint density at radius 2 is 1.62 bits per heavy atom. The van der Waals surface area contributed by atoms with Crippen molar-refractivity contribution in [3.63, 3.8) is 0 Å². The minimum atomic E-state index is -4.49. The normalized spacial score (nSPS) is 11.8. The fraction of sp³-hybridized carbons (Fsp3) is 0.105. The zero-order valence-electron chi connectivity index (χ0n) is 13.7. The van der Waals surface area contributed by atoms with E-state index in [9.17, 15) is 13.2 Å². The van der Waals surface area contributed by atoms with Gasteiger partial charge in [-0.1, -0.05) is 12.1 Å². The van der Waals surface area contributed by atoms with Crippen molar-refractivity contribution in [3.8, 4) is 22.5 Å². The standard InChI is InChI=1S/C19H13F3N4/c1-11-5-7-23-9-13(11)12-3-2-4-16-17(12)26-18(25-16)14-10-24-8-6-15(14)19(20,21)22/h2-10H,1H3,(H,25,26). The molecular formula is C19H13F3N4. The molecule has 130 valence electrons. The van der Waals surface area contributed by atoms with E-state index in [-0.39, 0.29) is 11.4 Å². The van der Waals surface area contributed by atoms with Crippen molar-refractivity contribution in [2.75, 3.05) is 0 Å². The van der Waals surface area contributed by atoms with Gasteiger partial charge in [0.25, 0.3) is 0 Å². The number of pyridine rings is 2. The smallest absolute Gasteiger partial charge is 0.338 e. The van der Waals surface area contributed by atoms with Crippen molar-refractivity contribution >= 4 is 11.0 Å². The molecule has 0 aliphatic carbocycles. The maximum atomic E-state index is 13.3. The van der Waals surface area contributed by atoms with Crippen molar-refractivity contribution in [3.05, 3.63) is 66.2 Å². The summed E-state index contributed by atoms with van der Waals surface area (Å²) in [4.78, 5) is 15.4. The highest BCUT2D eigenvalue weighted by atomic mass is 19.4. The number of benzene rings is 1. The van der Waals surface area contributed by atoms with Crippen LogP contribution < -0.4 is 0 Å². The summed E-state index contributed by atoms with van der Waals surface area (Å²) in [5.74, 6) is 0.134. The number of nitrogens with zero attached hydrogens (tertiary/aromatic N) is 3. The molecule has 1 N–H and O–H groups in total. The average Bonchev–Trinajstić information content (AvgIpc) is 3.06. The molecule has 3 aromatic heterocycles. The molecule has 4 nitrogen and oxygen atoms in total. The third-order valence-corrected chi connectivity index (χ3v) is 4.22. The zero-order chi connectivity index (χ0) is 18.3. The van der Waals surface area contributed by atoms with Crippen molar-refractivity contribution < 1.29 is 13.2 Å². The zero-order valence-corrected chi connectivity index (χ0v) is 13.7. The van der Waals surface area contributed by atoms with Crippen LogP contribution in [-0.4, -0.2) is 19.9 Å². The molecule has 0 radical (unpaired) electrons. The average molecular weight is 354 g/mol. The molecule has 0 bridgehead atoms. The molecule has 7 heteroatoms. The number of rotatable bonds is 2. The van der Waals surface area contributed by atoms with E-state index in [4.69, 9.17) is 0 Å². The Bertz CT molecular complexity index is 1100. The summed E-state index contributed by atoms with van der Waals surface area (Å²) in [6, 6.07) is 8.33. The minimum Gasteiger partial charge on any atom is -0.338 e. The number of aromatic amines is 1. The molecule has 0 saturated heterocycles. The summed E-state index contributed by atoms with van der Waals surface area (Å²) in [7, 11) is 0. The summed E-state index contributed by atoms with van der Waals surface area (Å²) in [5.41, 5.74) is 3.10. The third kappa shape index (κ3) is 2.71. The largest absolute Gasteiger partial charge is 0.417 e. The number of aryl methyl sites for hydroxylation is 1. The Labute approximate surface area is 146 Å². The van der Waals surface area contributed by atoms with Crippen molar-refractivity contribution in [1.82, 2.24) is 19.9 Å². The van der Waals surface area contributed by atoms with Gasteiger partial charge in [-0.15, -0.1) is 0 Å². The van der Waals surface area contributed by atoms with Crippen molar-refractivity contribution in [2.45, 2.75) is 13.1 Å². The van der Waals surface area contributed by atoms with E-state index in [2.05, 4.69) is 19.9 Å². The second kappa shape index (κ2) is 5.94. The van der Waals surface area contributed by atoms with Crippen molar-refractivity contribution in [2.24, 2.45) is 0 Å². The van der Waals surface area contributed by atoms with Crippen LogP contribution in [0.15, 0.2) is 55.1 Å². The highest BCUT2D eigenvalue weighted by Gasteiger charge is 2.34. The van der Waals surface area contributed by atoms with Gasteiger partial charge in [0.15, 0.2) is 0 Å². The predicted molar refractivity (Wildman–Crippen MR) is 92.3 cm³/mol. The Balaban J connectivity index is 1.94. The summed E-state index contributed by atoms with van der Waals surface area (Å²) in [5, 5.41) is 0. The quantitative estimate of drug-likeness (QED) is 0.550. The van der Waals surface area contributed by atoms with Gasteiger partial charge in [-0.05, 0) is 30.7 Å². The number of fused-ring (bicyclic) bond motifs is 1. The Kier molecular flexibility index (Phi) is 3.72. The summed E-state index contributed by atoms with van der Waals surface area (Å²) in [6.45, 7) is 1.95. The summed E-state index contributed by atoms with van der Waals surface area (Å²) in [6.07, 6.45) is 1.23. The van der Waals surface area contributed by atoms with Crippen LogP contribution in [0.4, 0.5) is 13.2 Å². The molecule has 0 aliphatic rings. The van der Waals surface area contributed by atoms with Crippen LogP contribution in [0, 0.1) is 6.92 Å². The van der Waals surface area contributed by atoms with Crippen LogP contribution in [0.1, 0.15) is 11.1 Å². The number of para-hydroxylation sites is 1. The molecular weight excluding hydrogens is 341 g/mol. The van der Waals surface area contributed by atoms with E-state index >= 15 is 0 Å². The van der Waals surface area contributed by atoms with Gasteiger partial charge in [-0.3, -0.25) is 9.97 Å². The van der Waals surface area contributed by atoms with Gasteiger partial charge in [0.05, 0.1) is 16.6 Å². The second-order valence-corrected chi connectivity index (χ2v) is 5.90. The second-order valence-electron chi connectivity index (χ2n) is 5.90. The van der Waals surface area contributed by atoms with Crippen LogP contribution in [0.2, 0.25) is 0 Å². The lowest BCUT2D eigenvalue weighted by Gasteiger charge is -2.09. The van der Waals surface area contributed by atoms with Crippen LogP contribution in [0.25, 0.3) is 33.5 Å². The Hall–Kier alpha value is -3.22. The number of alkyl halides is 3. The molecule has 1 aromatic carbocycles. The van der Waals surface area contributed by atoms with Crippen LogP contribution in [0.3, 0.4) is 0 Å². The van der Waals surface area contributed by atoms with E-state index < -0.39 is 11.7 Å². The first-order valence-corrected chi connectivity index (χ1v) is 7.86. The number of H-pyrrole nitrogens is 1. The van der Waals surface area contributed by atoms with Gasteiger partial charge in [0.1, 0.15) is 5.82 Å². The molecule has 0 aliphatic heterocycles. The van der Waals surface area contributed by atoms with Gasteiger partial charge in [0.2, 0.25) is 0 Å². The van der Waals surface area contributed by atoms with Gasteiger partial charge in [-0.25, -0.2) is 4.98 Å². The van der Waals surface area contributed by atoms with Crippen molar-refractivity contribution in [1.29, 1.82) is 0 Å². The molecule has 26 heavy (non-hydrogen) atoms. The first kappa shape index (κ1) is 16.3. The molecule has 0 atom stereocenters. The number of halogens is 3. The number of aromatic nitrogens is 4. The van der Waals surface area contributed by atoms with E-state index in [0.29, 0.717) is 11.0 Å². The first-order chi connectivity index (χ1) is 12.4. The lowest BCUT2D eigenvalue weighted by Crippen LogP contribution is -2.07. The Morgan fingerprint density at radius 3 is 2.35 bits per heavy atom. The van der Waals surface area contributed by atoms with E-state index in [1.807, 2.05) is 25.1 Å². The highest BCUT2D eigenvalue weighted by molar-refractivity contribution is 5.94. The maximum absolute atomic E-state index is 13.3. The van der Waals surface area contributed by atoms with Gasteiger partial charge in [-0.2, -0.15) is 13.2 Å². The molecule has 0 spiro atoms. The molecule has 0 fully saturated rings. The van der Waals surface area contributed by atoms with Gasteiger partial charge < -0.3 is 4.98 Å². The van der Waals surface area contributed by atoms with E-state index in [0.717, 1.165) is 29.0 Å².